The first-order valence-corrected chi connectivity index (χ1v) is 6.25. The molecule has 6 heteroatoms. The first kappa shape index (κ1) is 10.7. The molecule has 3 heterocycles. The molecule has 1 aliphatic heterocycles. The maximum Gasteiger partial charge on any atom is 0.150 e. The van der Waals surface area contributed by atoms with Crippen LogP contribution in [-0.4, -0.2) is 32.8 Å². The van der Waals surface area contributed by atoms with Crippen molar-refractivity contribution in [1.29, 1.82) is 0 Å². The summed E-state index contributed by atoms with van der Waals surface area (Å²) in [4.78, 5) is 10.8. The van der Waals surface area contributed by atoms with Gasteiger partial charge in [0.25, 0.3) is 0 Å². The van der Waals surface area contributed by atoms with Gasteiger partial charge in [0.1, 0.15) is 5.82 Å². The van der Waals surface area contributed by atoms with Crippen LogP contribution >= 0.6 is 15.9 Å². The summed E-state index contributed by atoms with van der Waals surface area (Å²) in [6.45, 7) is 3.86. The molecular formula is C11H12BrN5. The van der Waals surface area contributed by atoms with Crippen LogP contribution in [0.15, 0.2) is 29.3 Å². The van der Waals surface area contributed by atoms with E-state index in [9.17, 15) is 0 Å². The highest BCUT2D eigenvalue weighted by molar-refractivity contribution is 9.10. The van der Waals surface area contributed by atoms with Crippen molar-refractivity contribution in [3.8, 4) is 0 Å². The molecular weight excluding hydrogens is 282 g/mol. The van der Waals surface area contributed by atoms with Gasteiger partial charge in [0.15, 0.2) is 0 Å². The molecule has 0 unspecified atom stereocenters. The summed E-state index contributed by atoms with van der Waals surface area (Å²) in [6.07, 6.45) is 7.28. The third-order valence-electron chi connectivity index (χ3n) is 2.96. The summed E-state index contributed by atoms with van der Waals surface area (Å²) in [5, 5.41) is 4.30. The van der Waals surface area contributed by atoms with Crippen LogP contribution in [0.25, 0.3) is 0 Å². The number of nitrogens with zero attached hydrogens (tertiary/aromatic N) is 5. The monoisotopic (exact) mass is 293 g/mol. The molecule has 0 bridgehead atoms. The number of hydrogen-bond acceptors (Lipinski definition) is 4. The molecule has 17 heavy (non-hydrogen) atoms. The minimum absolute atomic E-state index is 0.433. The van der Waals surface area contributed by atoms with E-state index in [-0.39, 0.29) is 0 Å². The number of hydrogen-bond donors (Lipinski definition) is 0. The summed E-state index contributed by atoms with van der Waals surface area (Å²) in [7, 11) is 0. The third-order valence-corrected chi connectivity index (χ3v) is 3.37. The molecule has 0 N–H and O–H groups in total. The second-order valence-corrected chi connectivity index (χ2v) is 5.08. The van der Waals surface area contributed by atoms with Crippen molar-refractivity contribution in [1.82, 2.24) is 19.7 Å². The van der Waals surface area contributed by atoms with Gasteiger partial charge in [0, 0.05) is 31.7 Å². The Bertz CT molecular complexity index is 532. The first-order valence-electron chi connectivity index (χ1n) is 5.46. The Kier molecular flexibility index (Phi) is 2.58. The van der Waals surface area contributed by atoms with Crippen LogP contribution in [0.5, 0.6) is 0 Å². The Morgan fingerprint density at radius 2 is 2.06 bits per heavy atom. The van der Waals surface area contributed by atoms with Crippen LogP contribution in [0.1, 0.15) is 11.7 Å². The molecule has 1 aliphatic rings. The summed E-state index contributed by atoms with van der Waals surface area (Å²) in [5.41, 5.74) is 0.979. The molecule has 0 aromatic carbocycles. The smallest absolute Gasteiger partial charge is 0.150 e. The zero-order valence-electron chi connectivity index (χ0n) is 9.41. The molecule has 0 aliphatic carbocycles. The maximum absolute atomic E-state index is 4.36. The number of halogens is 1. The summed E-state index contributed by atoms with van der Waals surface area (Å²) < 4.78 is 3.01. The minimum Gasteiger partial charge on any atom is -0.351 e. The van der Waals surface area contributed by atoms with Crippen molar-refractivity contribution in [2.75, 3.05) is 18.0 Å². The van der Waals surface area contributed by atoms with Crippen molar-refractivity contribution < 1.29 is 0 Å². The number of anilines is 1. The number of rotatable bonds is 2. The van der Waals surface area contributed by atoms with Crippen molar-refractivity contribution >= 4 is 21.7 Å². The van der Waals surface area contributed by atoms with Crippen molar-refractivity contribution in [3.05, 3.63) is 35.0 Å². The van der Waals surface area contributed by atoms with Gasteiger partial charge in [-0.05, 0) is 22.9 Å². The van der Waals surface area contributed by atoms with Gasteiger partial charge >= 0.3 is 0 Å². The van der Waals surface area contributed by atoms with E-state index in [0.29, 0.717) is 6.04 Å². The molecule has 88 valence electrons. The van der Waals surface area contributed by atoms with E-state index >= 15 is 0 Å². The third kappa shape index (κ3) is 1.93. The van der Waals surface area contributed by atoms with Gasteiger partial charge in [-0.3, -0.25) is 9.67 Å². The van der Waals surface area contributed by atoms with Gasteiger partial charge in [-0.2, -0.15) is 5.10 Å². The quantitative estimate of drug-likeness (QED) is 0.847. The Hall–Kier alpha value is -1.43. The van der Waals surface area contributed by atoms with Gasteiger partial charge in [-0.15, -0.1) is 0 Å². The van der Waals surface area contributed by atoms with E-state index in [4.69, 9.17) is 0 Å². The van der Waals surface area contributed by atoms with Gasteiger partial charge in [0.05, 0.1) is 22.4 Å². The molecule has 1 fully saturated rings. The standard InChI is InChI=1S/C11H12BrN5/c1-8-11(14-3-2-13-8)16-6-10(7-16)17-5-9(12)4-15-17/h2-5,10H,6-7H2,1H3. The van der Waals surface area contributed by atoms with Gasteiger partial charge < -0.3 is 4.90 Å². The zero-order valence-corrected chi connectivity index (χ0v) is 11.0. The number of aromatic nitrogens is 4. The second-order valence-electron chi connectivity index (χ2n) is 4.16. The maximum atomic E-state index is 4.36. The first-order chi connectivity index (χ1) is 8.24. The molecule has 0 atom stereocenters. The Morgan fingerprint density at radius 1 is 1.29 bits per heavy atom. The lowest BCUT2D eigenvalue weighted by atomic mass is 10.1. The van der Waals surface area contributed by atoms with Gasteiger partial charge in [-0.25, -0.2) is 4.98 Å². The second kappa shape index (κ2) is 4.10. The summed E-state index contributed by atoms with van der Waals surface area (Å²) in [6, 6.07) is 0.433. The largest absolute Gasteiger partial charge is 0.351 e. The fraction of sp³-hybridized carbons (Fsp3) is 0.364. The molecule has 0 amide bonds. The minimum atomic E-state index is 0.433. The highest BCUT2D eigenvalue weighted by atomic mass is 79.9. The predicted molar refractivity (Wildman–Crippen MR) is 67.9 cm³/mol. The van der Waals surface area contributed by atoms with Crippen LogP contribution in [0.4, 0.5) is 5.82 Å². The van der Waals surface area contributed by atoms with Crippen LogP contribution in [0.3, 0.4) is 0 Å². The molecule has 0 saturated carbocycles. The van der Waals surface area contributed by atoms with Gasteiger partial charge in [-0.1, -0.05) is 0 Å². The number of aryl methyl sites for hydroxylation is 1. The van der Waals surface area contributed by atoms with Crippen molar-refractivity contribution in [2.45, 2.75) is 13.0 Å². The molecule has 2 aromatic heterocycles. The zero-order chi connectivity index (χ0) is 11.8. The fourth-order valence-electron chi connectivity index (χ4n) is 2.02. The lowest BCUT2D eigenvalue weighted by Gasteiger charge is -2.40. The fourth-order valence-corrected chi connectivity index (χ4v) is 2.32. The highest BCUT2D eigenvalue weighted by Gasteiger charge is 2.30. The van der Waals surface area contributed by atoms with Crippen LogP contribution in [0.2, 0.25) is 0 Å². The molecule has 0 spiro atoms. The molecule has 1 saturated heterocycles. The van der Waals surface area contributed by atoms with Crippen LogP contribution < -0.4 is 4.90 Å². The normalized spacial score (nSPS) is 16.0. The van der Waals surface area contributed by atoms with Crippen molar-refractivity contribution in [3.63, 3.8) is 0 Å². The summed E-state index contributed by atoms with van der Waals surface area (Å²) >= 11 is 3.41. The van der Waals surface area contributed by atoms with E-state index in [2.05, 4.69) is 35.9 Å². The SMILES string of the molecule is Cc1nccnc1N1CC(n2cc(Br)cn2)C1. The van der Waals surface area contributed by atoms with Crippen LogP contribution in [0, 0.1) is 6.92 Å². The highest BCUT2D eigenvalue weighted by Crippen LogP contribution is 2.27. The Labute approximate surface area is 108 Å². The van der Waals surface area contributed by atoms with E-state index in [1.165, 1.54) is 0 Å². The van der Waals surface area contributed by atoms with E-state index < -0.39 is 0 Å². The Morgan fingerprint density at radius 3 is 2.71 bits per heavy atom. The van der Waals surface area contributed by atoms with Crippen LogP contribution in [-0.2, 0) is 0 Å². The van der Waals surface area contributed by atoms with E-state index in [1.807, 2.05) is 24.0 Å². The molecule has 2 aromatic rings. The lowest BCUT2D eigenvalue weighted by molar-refractivity contribution is 0.365. The topological polar surface area (TPSA) is 46.8 Å². The Balaban J connectivity index is 1.71. The lowest BCUT2D eigenvalue weighted by Crippen LogP contribution is -2.48. The van der Waals surface area contributed by atoms with Crippen molar-refractivity contribution in [2.24, 2.45) is 0 Å². The summed E-state index contributed by atoms with van der Waals surface area (Å²) in [5.74, 6) is 0.981. The van der Waals surface area contributed by atoms with E-state index in [0.717, 1.165) is 29.1 Å². The van der Waals surface area contributed by atoms with E-state index in [1.54, 1.807) is 12.4 Å². The molecule has 5 nitrogen and oxygen atoms in total. The average molecular weight is 294 g/mol. The molecule has 3 rings (SSSR count). The predicted octanol–water partition coefficient (Wildman–Crippen LogP) is 1.81. The molecule has 0 radical (unpaired) electrons. The average Bonchev–Trinajstić information content (AvgIpc) is 2.66. The van der Waals surface area contributed by atoms with Gasteiger partial charge in [0.2, 0.25) is 0 Å².